The maximum absolute atomic E-state index is 13.5. The number of nitrogens with one attached hydrogen (secondary N) is 1. The number of ether oxygens (including phenoxy) is 2. The van der Waals surface area contributed by atoms with Gasteiger partial charge in [0.2, 0.25) is 0 Å². The standard InChI is InChI=1S/C27H36NO4P/c1-20-16-24(31-4)17-21(2)26(20)28-27(30)22(3)33(14-10-5-6-11-15-33)19-25(29)32-18-23-12-8-7-9-13-23/h7-9,12-13,16-17,22H,5-6,10-11,14-15,18-19H2,1-4H3/p+1. The third-order valence-corrected chi connectivity index (χ3v) is 12.0. The third-order valence-electron chi connectivity index (χ3n) is 6.83. The minimum Gasteiger partial charge on any atom is -0.497 e. The van der Waals surface area contributed by atoms with Crippen molar-refractivity contribution in [2.75, 3.05) is 30.9 Å². The van der Waals surface area contributed by atoms with Crippen LogP contribution in [0.4, 0.5) is 5.69 Å². The Bertz CT molecular complexity index is 929. The summed E-state index contributed by atoms with van der Waals surface area (Å²) in [6.45, 7) is 6.26. The Labute approximate surface area is 198 Å². The van der Waals surface area contributed by atoms with Crippen LogP contribution in [0.5, 0.6) is 5.75 Å². The van der Waals surface area contributed by atoms with Crippen molar-refractivity contribution in [1.82, 2.24) is 0 Å². The highest BCUT2D eigenvalue weighted by molar-refractivity contribution is 7.78. The number of methoxy groups -OCH3 is 1. The largest absolute Gasteiger partial charge is 0.497 e. The van der Waals surface area contributed by atoms with Crippen LogP contribution in [-0.4, -0.2) is 43.1 Å². The molecular formula is C27H37NO4P+. The highest BCUT2D eigenvalue weighted by Gasteiger charge is 2.49. The molecule has 1 fully saturated rings. The molecule has 1 aliphatic rings. The first kappa shape index (κ1) is 25.2. The number of benzene rings is 2. The van der Waals surface area contributed by atoms with Crippen LogP contribution in [0.2, 0.25) is 0 Å². The Kier molecular flexibility index (Phi) is 8.91. The average molecular weight is 471 g/mol. The van der Waals surface area contributed by atoms with Crippen LogP contribution < -0.4 is 10.1 Å². The first-order valence-electron chi connectivity index (χ1n) is 11.9. The van der Waals surface area contributed by atoms with Crippen LogP contribution in [0.25, 0.3) is 0 Å². The van der Waals surface area contributed by atoms with Gasteiger partial charge < -0.3 is 14.8 Å². The molecule has 1 N–H and O–H groups in total. The van der Waals surface area contributed by atoms with E-state index in [1.54, 1.807) is 7.11 Å². The second-order valence-electron chi connectivity index (χ2n) is 9.19. The molecule has 5 nitrogen and oxygen atoms in total. The molecule has 1 saturated heterocycles. The Morgan fingerprint density at radius 1 is 1.00 bits per heavy atom. The zero-order chi connectivity index (χ0) is 23.8. The number of carbonyl (C=O) groups excluding carboxylic acids is 2. The summed E-state index contributed by atoms with van der Waals surface area (Å²) >= 11 is 0. The maximum Gasteiger partial charge on any atom is 0.344 e. The van der Waals surface area contributed by atoms with E-state index in [0.717, 1.165) is 53.3 Å². The molecule has 0 spiro atoms. The van der Waals surface area contributed by atoms with Crippen LogP contribution in [0.1, 0.15) is 49.3 Å². The third kappa shape index (κ3) is 6.57. The molecule has 1 atom stereocenters. The summed E-state index contributed by atoms with van der Waals surface area (Å²) in [5.41, 5.74) is 3.58. The van der Waals surface area contributed by atoms with E-state index in [1.807, 2.05) is 63.2 Å². The van der Waals surface area contributed by atoms with E-state index in [0.29, 0.717) is 6.16 Å². The lowest BCUT2D eigenvalue weighted by molar-refractivity contribution is -0.141. The van der Waals surface area contributed by atoms with E-state index in [2.05, 4.69) is 5.32 Å². The quantitative estimate of drug-likeness (QED) is 0.381. The van der Waals surface area contributed by atoms with Crippen LogP contribution in [-0.2, 0) is 20.9 Å². The fraction of sp³-hybridized carbons (Fsp3) is 0.481. The minimum atomic E-state index is -1.85. The molecule has 0 aromatic heterocycles. The van der Waals surface area contributed by atoms with E-state index in [-0.39, 0.29) is 24.1 Å². The van der Waals surface area contributed by atoms with Crippen molar-refractivity contribution < 1.29 is 19.1 Å². The second kappa shape index (κ2) is 11.7. The first-order chi connectivity index (χ1) is 15.8. The number of aryl methyl sites for hydroxylation is 2. The molecule has 0 bridgehead atoms. The smallest absolute Gasteiger partial charge is 0.344 e. The Balaban J connectivity index is 1.75. The van der Waals surface area contributed by atoms with Gasteiger partial charge in [0.25, 0.3) is 5.91 Å². The summed E-state index contributed by atoms with van der Waals surface area (Å²) in [5, 5.41) is 3.18. The summed E-state index contributed by atoms with van der Waals surface area (Å²) in [6.07, 6.45) is 6.84. The van der Waals surface area contributed by atoms with Gasteiger partial charge in [0, 0.05) is 12.9 Å². The van der Waals surface area contributed by atoms with Gasteiger partial charge >= 0.3 is 5.97 Å². The second-order valence-corrected chi connectivity index (χ2v) is 13.6. The lowest BCUT2D eigenvalue weighted by Gasteiger charge is -2.31. The summed E-state index contributed by atoms with van der Waals surface area (Å²) in [5.74, 6) is 0.618. The van der Waals surface area contributed by atoms with Crippen molar-refractivity contribution >= 4 is 24.8 Å². The zero-order valence-corrected chi connectivity index (χ0v) is 21.3. The number of carbonyl (C=O) groups is 2. The van der Waals surface area contributed by atoms with Crippen molar-refractivity contribution in [2.45, 2.75) is 58.7 Å². The van der Waals surface area contributed by atoms with Crippen molar-refractivity contribution in [3.05, 3.63) is 59.2 Å². The van der Waals surface area contributed by atoms with Crippen molar-refractivity contribution in [3.8, 4) is 5.75 Å². The van der Waals surface area contributed by atoms with Gasteiger partial charge in [-0.15, -0.1) is 0 Å². The molecule has 1 heterocycles. The summed E-state index contributed by atoms with van der Waals surface area (Å²) in [7, 11) is -0.207. The molecule has 2 aromatic rings. The Hall–Kier alpha value is -2.39. The van der Waals surface area contributed by atoms with Crippen LogP contribution >= 0.6 is 7.26 Å². The normalized spacial score (nSPS) is 16.4. The van der Waals surface area contributed by atoms with E-state index in [9.17, 15) is 9.59 Å². The fourth-order valence-electron chi connectivity index (χ4n) is 4.76. The van der Waals surface area contributed by atoms with Crippen LogP contribution in [0, 0.1) is 13.8 Å². The first-order valence-corrected chi connectivity index (χ1v) is 14.3. The number of amides is 1. The zero-order valence-electron chi connectivity index (χ0n) is 20.4. The summed E-state index contributed by atoms with van der Waals surface area (Å²) < 4.78 is 11.0. The topological polar surface area (TPSA) is 64.6 Å². The van der Waals surface area contributed by atoms with Gasteiger partial charge in [0.05, 0.1) is 19.4 Å². The molecule has 0 radical (unpaired) electrons. The molecule has 6 heteroatoms. The average Bonchev–Trinajstić information content (AvgIpc) is 3.06. The van der Waals surface area contributed by atoms with Gasteiger partial charge in [-0.1, -0.05) is 30.3 Å². The van der Waals surface area contributed by atoms with Crippen molar-refractivity contribution in [1.29, 1.82) is 0 Å². The van der Waals surface area contributed by atoms with Crippen molar-refractivity contribution in [2.24, 2.45) is 0 Å². The predicted octanol–water partition coefficient (Wildman–Crippen LogP) is 5.97. The lowest BCUT2D eigenvalue weighted by atomic mass is 10.1. The molecule has 2 aromatic carbocycles. The van der Waals surface area contributed by atoms with Gasteiger partial charge in [0.15, 0.2) is 6.16 Å². The van der Waals surface area contributed by atoms with E-state index in [1.165, 1.54) is 12.8 Å². The van der Waals surface area contributed by atoms with E-state index < -0.39 is 7.26 Å². The summed E-state index contributed by atoms with van der Waals surface area (Å²) in [6, 6.07) is 13.6. The van der Waals surface area contributed by atoms with Crippen LogP contribution in [0.15, 0.2) is 42.5 Å². The molecule has 1 aliphatic heterocycles. The molecular weight excluding hydrogens is 433 g/mol. The maximum atomic E-state index is 13.5. The van der Waals surface area contributed by atoms with Gasteiger partial charge in [-0.2, -0.15) is 0 Å². The van der Waals surface area contributed by atoms with Gasteiger partial charge in [-0.05, 0) is 75.3 Å². The van der Waals surface area contributed by atoms with E-state index >= 15 is 0 Å². The predicted molar refractivity (Wildman–Crippen MR) is 137 cm³/mol. The van der Waals surface area contributed by atoms with Crippen molar-refractivity contribution in [3.63, 3.8) is 0 Å². The molecule has 0 saturated carbocycles. The number of hydrogen-bond acceptors (Lipinski definition) is 4. The Morgan fingerprint density at radius 3 is 2.18 bits per heavy atom. The molecule has 33 heavy (non-hydrogen) atoms. The summed E-state index contributed by atoms with van der Waals surface area (Å²) in [4.78, 5) is 26.4. The minimum absolute atomic E-state index is 0.0115. The monoisotopic (exact) mass is 470 g/mol. The van der Waals surface area contributed by atoms with Crippen LogP contribution in [0.3, 0.4) is 0 Å². The van der Waals surface area contributed by atoms with Gasteiger partial charge in [-0.25, -0.2) is 4.79 Å². The number of rotatable bonds is 8. The van der Waals surface area contributed by atoms with E-state index in [4.69, 9.17) is 9.47 Å². The highest BCUT2D eigenvalue weighted by atomic mass is 31.2. The molecule has 178 valence electrons. The molecule has 3 rings (SSSR count). The van der Waals surface area contributed by atoms with Gasteiger partial charge in [0.1, 0.15) is 18.0 Å². The molecule has 0 aliphatic carbocycles. The number of esters is 1. The number of anilines is 1. The highest BCUT2D eigenvalue weighted by Crippen LogP contribution is 2.65. The number of hydrogen-bond donors (Lipinski definition) is 1. The molecule has 1 unspecified atom stereocenters. The Morgan fingerprint density at radius 2 is 1.61 bits per heavy atom. The fourth-order valence-corrected chi connectivity index (χ4v) is 9.22. The lowest BCUT2D eigenvalue weighted by Crippen LogP contribution is -2.34. The molecule has 1 amide bonds. The van der Waals surface area contributed by atoms with Gasteiger partial charge in [-0.3, -0.25) is 4.79 Å². The SMILES string of the molecule is COc1cc(C)c(NC(=O)C(C)[P+]2(CC(=O)OCc3ccccc3)CCCCCC2)c(C)c1.